The molecule has 2 atom stereocenters. The predicted molar refractivity (Wildman–Crippen MR) is 96.6 cm³/mol. The number of carbonyl (C=O) groups excluding carboxylic acids is 2. The molecule has 0 bridgehead atoms. The third kappa shape index (κ3) is 3.72. The van der Waals surface area contributed by atoms with Gasteiger partial charge in [0.1, 0.15) is 10.9 Å². The molecule has 3 rings (SSSR count). The van der Waals surface area contributed by atoms with E-state index >= 15 is 0 Å². The number of esters is 1. The van der Waals surface area contributed by atoms with E-state index in [1.54, 1.807) is 0 Å². The van der Waals surface area contributed by atoms with Crippen molar-refractivity contribution in [3.05, 3.63) is 40.2 Å². The second-order valence-electron chi connectivity index (χ2n) is 6.16. The lowest BCUT2D eigenvalue weighted by molar-refractivity contribution is -0.145. The Bertz CT molecular complexity index is 775. The summed E-state index contributed by atoms with van der Waals surface area (Å²) >= 11 is 1.38. The van der Waals surface area contributed by atoms with Crippen LogP contribution in [0.3, 0.4) is 0 Å². The van der Waals surface area contributed by atoms with Crippen LogP contribution in [0.15, 0.2) is 30.3 Å². The fraction of sp³-hybridized carbons (Fsp3) is 0.389. The van der Waals surface area contributed by atoms with E-state index in [4.69, 9.17) is 4.74 Å². The van der Waals surface area contributed by atoms with Gasteiger partial charge in [-0.1, -0.05) is 30.3 Å². The summed E-state index contributed by atoms with van der Waals surface area (Å²) in [7, 11) is 3.24. The van der Waals surface area contributed by atoms with Crippen LogP contribution >= 0.6 is 11.3 Å². The molecule has 132 valence electrons. The fourth-order valence-electron chi connectivity index (χ4n) is 3.14. The minimum atomic E-state index is -0.313. The summed E-state index contributed by atoms with van der Waals surface area (Å²) in [5.74, 6) is -0.411. The molecule has 0 saturated carbocycles. The van der Waals surface area contributed by atoms with Crippen molar-refractivity contribution in [2.24, 2.45) is 0 Å². The van der Waals surface area contributed by atoms with Gasteiger partial charge in [0.25, 0.3) is 5.91 Å². The highest BCUT2D eigenvalue weighted by molar-refractivity contribution is 7.14. The fourth-order valence-corrected chi connectivity index (χ4v) is 3.98. The van der Waals surface area contributed by atoms with Gasteiger partial charge in [-0.05, 0) is 20.4 Å². The molecular weight excluding hydrogens is 338 g/mol. The van der Waals surface area contributed by atoms with E-state index in [9.17, 15) is 9.59 Å². The van der Waals surface area contributed by atoms with E-state index < -0.39 is 0 Å². The van der Waals surface area contributed by atoms with Crippen molar-refractivity contribution >= 4 is 23.2 Å². The average molecular weight is 359 g/mol. The summed E-state index contributed by atoms with van der Waals surface area (Å²) in [5.41, 5.74) is 1.63. The van der Waals surface area contributed by atoms with Crippen LogP contribution in [0.25, 0.3) is 11.3 Å². The van der Waals surface area contributed by atoms with Gasteiger partial charge in [0.2, 0.25) is 0 Å². The molecule has 1 fully saturated rings. The standard InChI is InChI=1S/C18H21N3O3S/c1-11-19-15(12-7-5-4-6-8-12)16(25-11)17(22)20-13-9-14(18(23)24-3)21(2)10-13/h4-8,13-14H,9-10H2,1-3H3,(H,20,22)/t13-,14+/m1/s1. The van der Waals surface area contributed by atoms with Crippen molar-refractivity contribution in [1.29, 1.82) is 0 Å². The van der Waals surface area contributed by atoms with Gasteiger partial charge in [-0.15, -0.1) is 11.3 Å². The number of likely N-dealkylation sites (tertiary alicyclic amines) is 1. The van der Waals surface area contributed by atoms with Gasteiger partial charge in [0, 0.05) is 18.2 Å². The number of rotatable bonds is 4. The average Bonchev–Trinajstić information content (AvgIpc) is 3.17. The number of methoxy groups -OCH3 is 1. The van der Waals surface area contributed by atoms with Crippen LogP contribution < -0.4 is 5.32 Å². The molecular formula is C18H21N3O3S. The summed E-state index contributed by atoms with van der Waals surface area (Å²) in [6, 6.07) is 9.28. The largest absolute Gasteiger partial charge is 0.468 e. The third-order valence-electron chi connectivity index (χ3n) is 4.34. The van der Waals surface area contributed by atoms with E-state index in [1.165, 1.54) is 18.4 Å². The van der Waals surface area contributed by atoms with Crippen LogP contribution in [0, 0.1) is 6.92 Å². The first kappa shape index (κ1) is 17.6. The first-order valence-electron chi connectivity index (χ1n) is 8.11. The van der Waals surface area contributed by atoms with E-state index in [0.29, 0.717) is 23.5 Å². The topological polar surface area (TPSA) is 71.5 Å². The van der Waals surface area contributed by atoms with Gasteiger partial charge in [-0.2, -0.15) is 0 Å². The Hall–Kier alpha value is -2.25. The summed E-state index contributed by atoms with van der Waals surface area (Å²) < 4.78 is 4.82. The van der Waals surface area contributed by atoms with Crippen LogP contribution in [-0.2, 0) is 9.53 Å². The van der Waals surface area contributed by atoms with E-state index in [-0.39, 0.29) is 24.0 Å². The van der Waals surface area contributed by atoms with Gasteiger partial charge in [-0.25, -0.2) is 4.98 Å². The number of amides is 1. The Morgan fingerprint density at radius 2 is 2.04 bits per heavy atom. The molecule has 6 nitrogen and oxygen atoms in total. The molecule has 1 saturated heterocycles. The maximum Gasteiger partial charge on any atom is 0.323 e. The Labute approximate surface area is 150 Å². The zero-order valence-corrected chi connectivity index (χ0v) is 15.3. The number of hydrogen-bond donors (Lipinski definition) is 1. The lowest BCUT2D eigenvalue weighted by Crippen LogP contribution is -2.36. The molecule has 0 aliphatic carbocycles. The first-order valence-corrected chi connectivity index (χ1v) is 8.93. The van der Waals surface area contributed by atoms with Gasteiger partial charge in [0.05, 0.1) is 17.8 Å². The smallest absolute Gasteiger partial charge is 0.323 e. The van der Waals surface area contributed by atoms with Crippen molar-refractivity contribution in [3.63, 3.8) is 0 Å². The number of aryl methyl sites for hydroxylation is 1. The molecule has 1 aliphatic rings. The normalized spacial score (nSPS) is 20.4. The first-order chi connectivity index (χ1) is 12.0. The van der Waals surface area contributed by atoms with E-state index in [0.717, 1.165) is 10.6 Å². The number of nitrogens with one attached hydrogen (secondary N) is 1. The molecule has 0 unspecified atom stereocenters. The van der Waals surface area contributed by atoms with Crippen molar-refractivity contribution < 1.29 is 14.3 Å². The lowest BCUT2D eigenvalue weighted by atomic mass is 10.1. The second kappa shape index (κ2) is 7.33. The highest BCUT2D eigenvalue weighted by Crippen LogP contribution is 2.28. The minimum Gasteiger partial charge on any atom is -0.468 e. The molecule has 1 N–H and O–H groups in total. The molecule has 25 heavy (non-hydrogen) atoms. The summed E-state index contributed by atoms with van der Waals surface area (Å²) in [4.78, 5) is 31.6. The van der Waals surface area contributed by atoms with Crippen molar-refractivity contribution in [1.82, 2.24) is 15.2 Å². The van der Waals surface area contributed by atoms with Crippen molar-refractivity contribution in [2.45, 2.75) is 25.4 Å². The van der Waals surface area contributed by atoms with E-state index in [2.05, 4.69) is 10.3 Å². The second-order valence-corrected chi connectivity index (χ2v) is 7.36. The summed E-state index contributed by atoms with van der Waals surface area (Å²) in [5, 5.41) is 3.89. The Balaban J connectivity index is 1.76. The number of aromatic nitrogens is 1. The van der Waals surface area contributed by atoms with Gasteiger partial charge in [0.15, 0.2) is 0 Å². The molecule has 0 radical (unpaired) electrons. The quantitative estimate of drug-likeness (QED) is 0.847. The SMILES string of the molecule is COC(=O)[C@@H]1C[C@@H](NC(=O)c2sc(C)nc2-c2ccccc2)CN1C. The minimum absolute atomic E-state index is 0.0902. The zero-order valence-electron chi connectivity index (χ0n) is 14.5. The molecule has 1 aromatic carbocycles. The molecule has 0 spiro atoms. The molecule has 7 heteroatoms. The highest BCUT2D eigenvalue weighted by atomic mass is 32.1. The predicted octanol–water partition coefficient (Wildman–Crippen LogP) is 2.09. The number of nitrogens with zero attached hydrogens (tertiary/aromatic N) is 2. The zero-order chi connectivity index (χ0) is 18.0. The van der Waals surface area contributed by atoms with E-state index in [1.807, 2.05) is 49.2 Å². The van der Waals surface area contributed by atoms with Crippen LogP contribution in [0.2, 0.25) is 0 Å². The number of thiazole rings is 1. The van der Waals surface area contributed by atoms with Gasteiger partial charge >= 0.3 is 5.97 Å². The molecule has 2 heterocycles. The maximum absolute atomic E-state index is 12.8. The van der Waals surface area contributed by atoms with Crippen LogP contribution in [0.5, 0.6) is 0 Å². The molecule has 2 aromatic rings. The van der Waals surface area contributed by atoms with Crippen molar-refractivity contribution in [2.75, 3.05) is 20.7 Å². The molecule has 1 amide bonds. The highest BCUT2D eigenvalue weighted by Gasteiger charge is 2.36. The van der Waals surface area contributed by atoms with Crippen molar-refractivity contribution in [3.8, 4) is 11.3 Å². The van der Waals surface area contributed by atoms with Crippen LogP contribution in [0.1, 0.15) is 21.1 Å². The molecule has 1 aromatic heterocycles. The lowest BCUT2D eigenvalue weighted by Gasteiger charge is -2.15. The molecule has 1 aliphatic heterocycles. The Morgan fingerprint density at radius 1 is 1.32 bits per heavy atom. The third-order valence-corrected chi connectivity index (χ3v) is 5.31. The van der Waals surface area contributed by atoms with Gasteiger partial charge in [-0.3, -0.25) is 14.5 Å². The number of benzene rings is 1. The number of hydrogen-bond acceptors (Lipinski definition) is 6. The number of ether oxygens (including phenoxy) is 1. The van der Waals surface area contributed by atoms with Crippen LogP contribution in [-0.4, -0.2) is 54.5 Å². The van der Waals surface area contributed by atoms with Gasteiger partial charge < -0.3 is 10.1 Å². The Kier molecular flexibility index (Phi) is 5.15. The summed E-state index contributed by atoms with van der Waals surface area (Å²) in [6.45, 7) is 2.51. The monoisotopic (exact) mass is 359 g/mol. The Morgan fingerprint density at radius 3 is 2.72 bits per heavy atom. The summed E-state index contributed by atoms with van der Waals surface area (Å²) in [6.07, 6.45) is 0.549. The number of carbonyl (C=O) groups is 2. The number of likely N-dealkylation sites (N-methyl/N-ethyl adjacent to an activating group) is 1. The van der Waals surface area contributed by atoms with Crippen LogP contribution in [0.4, 0.5) is 0 Å². The maximum atomic E-state index is 12.8.